The van der Waals surface area contributed by atoms with E-state index in [9.17, 15) is 0 Å². The Labute approximate surface area is 78.1 Å². The lowest BCUT2D eigenvalue weighted by Crippen LogP contribution is -2.31. The molecule has 0 amide bonds. The van der Waals surface area contributed by atoms with Gasteiger partial charge in [-0.1, -0.05) is 33.1 Å². The van der Waals surface area contributed by atoms with Gasteiger partial charge in [-0.15, -0.1) is 0 Å². The monoisotopic (exact) mass is 171 g/mol. The summed E-state index contributed by atoms with van der Waals surface area (Å²) in [4.78, 5) is 2.54. The molecule has 0 aliphatic heterocycles. The van der Waals surface area contributed by atoms with Crippen molar-refractivity contribution < 1.29 is 0 Å². The van der Waals surface area contributed by atoms with Gasteiger partial charge in [0.1, 0.15) is 0 Å². The summed E-state index contributed by atoms with van der Waals surface area (Å²) in [5, 5.41) is 0. The third-order valence-corrected chi connectivity index (χ3v) is 2.44. The molecule has 0 heterocycles. The molecule has 0 aromatic carbocycles. The van der Waals surface area contributed by atoms with E-state index in [0.717, 1.165) is 6.04 Å². The first kappa shape index (κ1) is 12.0. The van der Waals surface area contributed by atoms with Crippen molar-refractivity contribution in [2.45, 2.75) is 59.4 Å². The normalized spacial score (nSPS) is 11.5. The molecule has 1 heteroatoms. The van der Waals surface area contributed by atoms with E-state index in [1.807, 2.05) is 0 Å². The SMILES string of the molecule is CCCCCCN(CC)C(C)C. The lowest BCUT2D eigenvalue weighted by atomic mass is 10.2. The molecule has 0 radical (unpaired) electrons. The highest BCUT2D eigenvalue weighted by molar-refractivity contribution is 4.60. The quantitative estimate of drug-likeness (QED) is 0.531. The van der Waals surface area contributed by atoms with Gasteiger partial charge in [0.05, 0.1) is 0 Å². The first-order valence-corrected chi connectivity index (χ1v) is 5.46. The van der Waals surface area contributed by atoms with Gasteiger partial charge in [0, 0.05) is 6.04 Å². The van der Waals surface area contributed by atoms with Crippen LogP contribution in [0, 0.1) is 0 Å². The van der Waals surface area contributed by atoms with Gasteiger partial charge in [0.2, 0.25) is 0 Å². The third-order valence-electron chi connectivity index (χ3n) is 2.44. The molecule has 0 N–H and O–H groups in total. The van der Waals surface area contributed by atoms with Crippen molar-refractivity contribution in [2.24, 2.45) is 0 Å². The number of hydrogen-bond acceptors (Lipinski definition) is 1. The minimum absolute atomic E-state index is 0.719. The lowest BCUT2D eigenvalue weighted by molar-refractivity contribution is 0.228. The maximum absolute atomic E-state index is 2.54. The lowest BCUT2D eigenvalue weighted by Gasteiger charge is -2.24. The molecule has 74 valence electrons. The average molecular weight is 171 g/mol. The Hall–Kier alpha value is -0.0400. The van der Waals surface area contributed by atoms with Crippen LogP contribution in [-0.2, 0) is 0 Å². The molecule has 0 aromatic rings. The minimum atomic E-state index is 0.719. The van der Waals surface area contributed by atoms with Crippen LogP contribution in [0.15, 0.2) is 0 Å². The summed E-state index contributed by atoms with van der Waals surface area (Å²) >= 11 is 0. The Morgan fingerprint density at radius 1 is 1.00 bits per heavy atom. The van der Waals surface area contributed by atoms with Gasteiger partial charge in [-0.25, -0.2) is 0 Å². The third kappa shape index (κ3) is 5.59. The summed E-state index contributed by atoms with van der Waals surface area (Å²) in [5.41, 5.74) is 0. The summed E-state index contributed by atoms with van der Waals surface area (Å²) in [7, 11) is 0. The molecule has 0 saturated carbocycles. The summed E-state index contributed by atoms with van der Waals surface area (Å²) in [6.07, 6.45) is 5.52. The highest BCUT2D eigenvalue weighted by Crippen LogP contribution is 2.03. The van der Waals surface area contributed by atoms with E-state index in [4.69, 9.17) is 0 Å². The first-order valence-electron chi connectivity index (χ1n) is 5.46. The predicted molar refractivity (Wildman–Crippen MR) is 56.5 cm³/mol. The van der Waals surface area contributed by atoms with Gasteiger partial charge in [-0.3, -0.25) is 0 Å². The van der Waals surface area contributed by atoms with Gasteiger partial charge in [0.25, 0.3) is 0 Å². The Morgan fingerprint density at radius 3 is 2.08 bits per heavy atom. The fourth-order valence-corrected chi connectivity index (χ4v) is 1.52. The van der Waals surface area contributed by atoms with Crippen molar-refractivity contribution in [3.05, 3.63) is 0 Å². The fraction of sp³-hybridized carbons (Fsp3) is 1.00. The van der Waals surface area contributed by atoms with E-state index in [-0.39, 0.29) is 0 Å². The second-order valence-electron chi connectivity index (χ2n) is 3.78. The molecular formula is C11H25N. The van der Waals surface area contributed by atoms with Crippen molar-refractivity contribution in [3.63, 3.8) is 0 Å². The molecular weight excluding hydrogens is 146 g/mol. The number of unbranched alkanes of at least 4 members (excludes halogenated alkanes) is 3. The molecule has 0 fully saturated rings. The smallest absolute Gasteiger partial charge is 0.00384 e. The van der Waals surface area contributed by atoms with Gasteiger partial charge < -0.3 is 4.90 Å². The average Bonchev–Trinajstić information content (AvgIpc) is 2.04. The second-order valence-corrected chi connectivity index (χ2v) is 3.78. The molecule has 0 aliphatic rings. The zero-order valence-corrected chi connectivity index (χ0v) is 9.27. The van der Waals surface area contributed by atoms with E-state index in [1.165, 1.54) is 38.8 Å². The standard InChI is InChI=1S/C11H25N/c1-5-7-8-9-10-12(6-2)11(3)4/h11H,5-10H2,1-4H3. The van der Waals surface area contributed by atoms with Crippen LogP contribution in [0.5, 0.6) is 0 Å². The summed E-state index contributed by atoms with van der Waals surface area (Å²) in [6.45, 7) is 11.6. The fourth-order valence-electron chi connectivity index (χ4n) is 1.52. The Bertz CT molecular complexity index is 89.0. The number of hydrogen-bond donors (Lipinski definition) is 0. The van der Waals surface area contributed by atoms with Crippen LogP contribution in [0.3, 0.4) is 0 Å². The van der Waals surface area contributed by atoms with Crippen LogP contribution < -0.4 is 0 Å². The van der Waals surface area contributed by atoms with Crippen LogP contribution in [0.1, 0.15) is 53.4 Å². The van der Waals surface area contributed by atoms with Crippen molar-refractivity contribution >= 4 is 0 Å². The molecule has 0 saturated heterocycles. The molecule has 0 rings (SSSR count). The van der Waals surface area contributed by atoms with Crippen molar-refractivity contribution in [2.75, 3.05) is 13.1 Å². The zero-order chi connectivity index (χ0) is 9.40. The molecule has 12 heavy (non-hydrogen) atoms. The van der Waals surface area contributed by atoms with E-state index in [1.54, 1.807) is 0 Å². The maximum atomic E-state index is 2.54. The van der Waals surface area contributed by atoms with Crippen LogP contribution >= 0.6 is 0 Å². The van der Waals surface area contributed by atoms with Crippen LogP contribution in [0.2, 0.25) is 0 Å². The Morgan fingerprint density at radius 2 is 1.67 bits per heavy atom. The van der Waals surface area contributed by atoms with Crippen molar-refractivity contribution in [1.82, 2.24) is 4.90 Å². The van der Waals surface area contributed by atoms with Gasteiger partial charge in [-0.05, 0) is 33.4 Å². The van der Waals surface area contributed by atoms with E-state index in [2.05, 4.69) is 32.6 Å². The van der Waals surface area contributed by atoms with E-state index in [0.29, 0.717) is 0 Å². The van der Waals surface area contributed by atoms with Crippen LogP contribution in [0.25, 0.3) is 0 Å². The second kappa shape index (κ2) is 7.60. The largest absolute Gasteiger partial charge is 0.301 e. The Kier molecular flexibility index (Phi) is 7.58. The van der Waals surface area contributed by atoms with Crippen molar-refractivity contribution in [3.8, 4) is 0 Å². The molecule has 0 aliphatic carbocycles. The summed E-state index contributed by atoms with van der Waals surface area (Å²) in [5.74, 6) is 0. The Balaban J connectivity index is 3.32. The van der Waals surface area contributed by atoms with Gasteiger partial charge >= 0.3 is 0 Å². The first-order chi connectivity index (χ1) is 5.72. The van der Waals surface area contributed by atoms with E-state index >= 15 is 0 Å². The number of rotatable bonds is 7. The van der Waals surface area contributed by atoms with Crippen molar-refractivity contribution in [1.29, 1.82) is 0 Å². The summed E-state index contributed by atoms with van der Waals surface area (Å²) in [6, 6.07) is 0.719. The van der Waals surface area contributed by atoms with Gasteiger partial charge in [-0.2, -0.15) is 0 Å². The van der Waals surface area contributed by atoms with Gasteiger partial charge in [0.15, 0.2) is 0 Å². The van der Waals surface area contributed by atoms with E-state index < -0.39 is 0 Å². The van der Waals surface area contributed by atoms with Crippen LogP contribution in [-0.4, -0.2) is 24.0 Å². The minimum Gasteiger partial charge on any atom is -0.301 e. The molecule has 0 bridgehead atoms. The highest BCUT2D eigenvalue weighted by atomic mass is 15.1. The summed E-state index contributed by atoms with van der Waals surface area (Å²) < 4.78 is 0. The number of nitrogens with zero attached hydrogens (tertiary/aromatic N) is 1. The predicted octanol–water partition coefficient (Wildman–Crippen LogP) is 3.30. The zero-order valence-electron chi connectivity index (χ0n) is 9.27. The molecule has 0 unspecified atom stereocenters. The molecule has 0 spiro atoms. The highest BCUT2D eigenvalue weighted by Gasteiger charge is 2.04. The molecule has 0 atom stereocenters. The molecule has 0 aromatic heterocycles. The maximum Gasteiger partial charge on any atom is 0.00384 e. The molecule has 1 nitrogen and oxygen atoms in total. The van der Waals surface area contributed by atoms with Crippen LogP contribution in [0.4, 0.5) is 0 Å². The topological polar surface area (TPSA) is 3.24 Å².